The Kier molecular flexibility index (Phi) is 18.4. The fraction of sp³-hybridized carbons (Fsp3) is 0.583. The second-order valence-electron chi connectivity index (χ2n) is 14.7. The lowest BCUT2D eigenvalue weighted by Gasteiger charge is -2.32. The van der Waals surface area contributed by atoms with Gasteiger partial charge in [0.25, 0.3) is 0 Å². The van der Waals surface area contributed by atoms with E-state index in [1.54, 1.807) is 0 Å². The Hall–Kier alpha value is -5.84. The number of benzene rings is 1. The highest BCUT2D eigenvalue weighted by Crippen LogP contribution is 2.37. The number of hydrogen-bond donors (Lipinski definition) is 11. The quantitative estimate of drug-likeness (QED) is 0.0232. The van der Waals surface area contributed by atoms with E-state index in [4.69, 9.17) is 27.0 Å². The number of likely N-dealkylation sites (tertiary alicyclic amines) is 2. The van der Waals surface area contributed by atoms with Crippen molar-refractivity contribution >= 4 is 61.1 Å². The highest BCUT2D eigenvalue weighted by molar-refractivity contribution is 7.46. The van der Waals surface area contributed by atoms with Gasteiger partial charge in [-0.2, -0.15) is 0 Å². The molecule has 2 saturated heterocycles. The maximum Gasteiger partial charge on any atom is 0.524 e. The van der Waals surface area contributed by atoms with E-state index >= 15 is 0 Å². The molecule has 14 N–H and O–H groups in total. The molecule has 25 heteroatoms. The molecule has 7 atom stereocenters. The number of nitrogens with one attached hydrogen (secondary N) is 4. The number of aliphatic imine (C=N–C) groups is 1. The van der Waals surface area contributed by atoms with Crippen LogP contribution in [0.3, 0.4) is 0 Å². The highest BCUT2D eigenvalue weighted by atomic mass is 31.2. The Balaban J connectivity index is 1.87. The number of carbonyl (C=O) groups excluding carboxylic acids is 7. The van der Waals surface area contributed by atoms with Gasteiger partial charge in [-0.25, -0.2) is 4.57 Å². The minimum atomic E-state index is -4.90. The molecule has 24 nitrogen and oxygen atoms in total. The first kappa shape index (κ1) is 49.5. The monoisotopic (exact) mass is 882 g/mol. The van der Waals surface area contributed by atoms with Crippen LogP contribution >= 0.6 is 7.82 Å². The minimum absolute atomic E-state index is 0.0128. The van der Waals surface area contributed by atoms with Crippen LogP contribution in [-0.4, -0.2) is 145 Å². The maximum atomic E-state index is 14.1. The number of amides is 7. The van der Waals surface area contributed by atoms with Crippen molar-refractivity contribution in [2.75, 3.05) is 19.6 Å². The number of carboxylic acids is 1. The van der Waals surface area contributed by atoms with Crippen LogP contribution in [0.15, 0.2) is 29.3 Å². The summed E-state index contributed by atoms with van der Waals surface area (Å²) in [6.45, 7) is 2.63. The lowest BCUT2D eigenvalue weighted by Crippen LogP contribution is -2.61. The third-order valence-electron chi connectivity index (χ3n) is 9.87. The number of aliphatic hydroxyl groups is 1. The van der Waals surface area contributed by atoms with E-state index in [1.807, 2.05) is 0 Å². The van der Waals surface area contributed by atoms with Crippen LogP contribution in [0.25, 0.3) is 0 Å². The first-order chi connectivity index (χ1) is 28.6. The first-order valence-electron chi connectivity index (χ1n) is 19.5. The van der Waals surface area contributed by atoms with Crippen molar-refractivity contribution in [3.8, 4) is 5.75 Å². The SMILES string of the molecule is CC(=O)N[C@@H](CCCN=C(N)N)C(=O)N[C@@H](Cc1ccc(OP(=O)(O)O)cc1)C(=O)N[C@H](C(=O)N1CCC[C@H]1C(=O)N[C@@H](CCC(=O)O)C(=O)N1CCC[C@H]1C(N)=O)[C@@H](C)O. The van der Waals surface area contributed by atoms with Gasteiger partial charge in [-0.05, 0) is 69.6 Å². The Morgan fingerprint density at radius 3 is 1.97 bits per heavy atom. The summed E-state index contributed by atoms with van der Waals surface area (Å²) in [6, 6.07) is -2.82. The summed E-state index contributed by atoms with van der Waals surface area (Å²) in [6.07, 6.45) is -1.30. The molecular weight excluding hydrogens is 827 g/mol. The number of primary amides is 1. The fourth-order valence-corrected chi connectivity index (χ4v) is 7.40. The summed E-state index contributed by atoms with van der Waals surface area (Å²) in [4.78, 5) is 129. The smallest absolute Gasteiger partial charge is 0.481 e. The van der Waals surface area contributed by atoms with Gasteiger partial charge in [-0.3, -0.25) is 53.1 Å². The number of guanidine groups is 1. The summed E-state index contributed by atoms with van der Waals surface area (Å²) < 4.78 is 15.9. The van der Waals surface area contributed by atoms with Gasteiger partial charge >= 0.3 is 13.8 Å². The van der Waals surface area contributed by atoms with E-state index in [9.17, 15) is 53.1 Å². The zero-order valence-electron chi connectivity index (χ0n) is 33.7. The van der Waals surface area contributed by atoms with E-state index in [0.717, 1.165) is 4.90 Å². The Labute approximate surface area is 350 Å². The van der Waals surface area contributed by atoms with Gasteiger partial charge in [0.05, 0.1) is 6.10 Å². The Morgan fingerprint density at radius 1 is 0.836 bits per heavy atom. The number of aliphatic carboxylic acids is 1. The molecule has 338 valence electrons. The van der Waals surface area contributed by atoms with Crippen molar-refractivity contribution in [1.82, 2.24) is 31.1 Å². The maximum absolute atomic E-state index is 14.1. The number of aliphatic hydroxyl groups excluding tert-OH is 1. The third kappa shape index (κ3) is 15.6. The fourth-order valence-electron chi connectivity index (χ4n) is 7.00. The van der Waals surface area contributed by atoms with Gasteiger partial charge in [0.15, 0.2) is 5.96 Å². The number of hydrogen-bond acceptors (Lipinski definition) is 12. The zero-order valence-corrected chi connectivity index (χ0v) is 34.6. The minimum Gasteiger partial charge on any atom is -0.481 e. The van der Waals surface area contributed by atoms with Crippen molar-refractivity contribution in [2.45, 2.75) is 114 Å². The van der Waals surface area contributed by atoms with Crippen molar-refractivity contribution in [3.05, 3.63) is 29.8 Å². The van der Waals surface area contributed by atoms with Crippen molar-refractivity contribution in [2.24, 2.45) is 22.2 Å². The van der Waals surface area contributed by atoms with E-state index in [2.05, 4.69) is 30.8 Å². The van der Waals surface area contributed by atoms with Crippen molar-refractivity contribution in [3.63, 3.8) is 0 Å². The molecule has 7 amide bonds. The van der Waals surface area contributed by atoms with Gasteiger partial charge in [0.1, 0.15) is 42.0 Å². The van der Waals surface area contributed by atoms with Crippen LogP contribution in [0.1, 0.15) is 70.8 Å². The molecule has 0 unspecified atom stereocenters. The first-order valence-corrected chi connectivity index (χ1v) is 21.0. The topological polar surface area (TPSA) is 389 Å². The lowest BCUT2D eigenvalue weighted by molar-refractivity contribution is -0.146. The van der Waals surface area contributed by atoms with Gasteiger partial charge in [-0.1, -0.05) is 12.1 Å². The summed E-state index contributed by atoms with van der Waals surface area (Å²) in [5.74, 6) is -7.22. The molecule has 0 aliphatic carbocycles. The summed E-state index contributed by atoms with van der Waals surface area (Å²) in [5, 5.41) is 30.2. The number of nitrogens with two attached hydrogens (primary N) is 3. The van der Waals surface area contributed by atoms with Crippen LogP contribution in [0, 0.1) is 0 Å². The van der Waals surface area contributed by atoms with Crippen LogP contribution in [0.5, 0.6) is 5.75 Å². The average Bonchev–Trinajstić information content (AvgIpc) is 3.87. The van der Waals surface area contributed by atoms with Crippen LogP contribution < -0.4 is 43.0 Å². The number of phosphoric ester groups is 1. The molecule has 2 fully saturated rings. The van der Waals surface area contributed by atoms with Crippen molar-refractivity contribution < 1.29 is 67.4 Å². The molecule has 0 radical (unpaired) electrons. The van der Waals surface area contributed by atoms with E-state index in [1.165, 1.54) is 43.0 Å². The Bertz CT molecular complexity index is 1860. The highest BCUT2D eigenvalue weighted by Gasteiger charge is 2.42. The number of rotatable bonds is 22. The molecule has 0 spiro atoms. The second kappa shape index (κ2) is 22.7. The molecule has 2 aliphatic rings. The van der Waals surface area contributed by atoms with Gasteiger partial charge in [-0.15, -0.1) is 0 Å². The number of phosphoric acid groups is 1. The molecule has 1 aromatic carbocycles. The van der Waals surface area contributed by atoms with Crippen LogP contribution in [0.2, 0.25) is 0 Å². The lowest BCUT2D eigenvalue weighted by atomic mass is 10.0. The molecule has 0 saturated carbocycles. The molecule has 2 heterocycles. The van der Waals surface area contributed by atoms with Gasteiger partial charge < -0.3 is 63.0 Å². The van der Waals surface area contributed by atoms with E-state index in [-0.39, 0.29) is 63.4 Å². The van der Waals surface area contributed by atoms with E-state index < -0.39 is 104 Å². The molecule has 61 heavy (non-hydrogen) atoms. The van der Waals surface area contributed by atoms with E-state index in [0.29, 0.717) is 24.8 Å². The normalized spacial score (nSPS) is 18.7. The molecule has 0 bridgehead atoms. The molecule has 2 aliphatic heterocycles. The molecular formula is C36H55N10O14P. The zero-order chi connectivity index (χ0) is 45.6. The predicted octanol–water partition coefficient (Wildman–Crippen LogP) is -3.57. The Morgan fingerprint density at radius 2 is 1.43 bits per heavy atom. The van der Waals surface area contributed by atoms with Crippen LogP contribution in [-0.2, 0) is 49.3 Å². The largest absolute Gasteiger partial charge is 0.524 e. The molecule has 3 rings (SSSR count). The summed E-state index contributed by atoms with van der Waals surface area (Å²) in [5.41, 5.74) is 16.5. The predicted molar refractivity (Wildman–Crippen MR) is 213 cm³/mol. The summed E-state index contributed by atoms with van der Waals surface area (Å²) in [7, 11) is -4.90. The standard InChI is InChI=1S/C36H55N10O14P/c1-19(47)29(35(56)46-17-5-8-27(46)33(54)42-24(13-14-28(49)50)34(55)45-16-4-7-26(45)30(37)51)44-32(53)25(18-21-9-11-22(12-10-21)60-61(57,58)59)43-31(52)23(41-20(2)48)6-3-15-40-36(38)39/h9-12,19,23-27,29,47H,3-8,13-18H2,1-2H3,(H2,37,51)(H,41,48)(H,42,54)(H,43,52)(H,44,53)(H,49,50)(H4,38,39,40)(H2,57,58,59)/t19-,23+,24+,25+,26+,27+,29+/m1/s1. The second-order valence-corrected chi connectivity index (χ2v) is 15.9. The number of carboxylic acid groups (broad SMARTS) is 1. The molecule has 0 aromatic heterocycles. The van der Waals surface area contributed by atoms with Crippen molar-refractivity contribution in [1.29, 1.82) is 0 Å². The number of carbonyl (C=O) groups is 8. The summed E-state index contributed by atoms with van der Waals surface area (Å²) >= 11 is 0. The van der Waals surface area contributed by atoms with Crippen LogP contribution in [0.4, 0.5) is 0 Å². The average molecular weight is 883 g/mol. The van der Waals surface area contributed by atoms with Gasteiger partial charge in [0, 0.05) is 39.4 Å². The molecule has 1 aromatic rings. The van der Waals surface area contributed by atoms with Gasteiger partial charge in [0.2, 0.25) is 41.4 Å². The number of nitrogens with zero attached hydrogens (tertiary/aromatic N) is 3. The third-order valence-corrected chi connectivity index (χ3v) is 10.3.